The highest BCUT2D eigenvalue weighted by Gasteiger charge is 2.50. The third-order valence-corrected chi connectivity index (χ3v) is 8.15. The van der Waals surface area contributed by atoms with Crippen molar-refractivity contribution in [2.24, 2.45) is 0 Å². The van der Waals surface area contributed by atoms with Gasteiger partial charge in [-0.25, -0.2) is 4.39 Å². The van der Waals surface area contributed by atoms with E-state index in [0.29, 0.717) is 12.1 Å². The number of halogens is 1. The minimum atomic E-state index is -1.07. The van der Waals surface area contributed by atoms with Gasteiger partial charge in [0, 0.05) is 48.9 Å². The van der Waals surface area contributed by atoms with Crippen LogP contribution in [0.5, 0.6) is 0 Å². The van der Waals surface area contributed by atoms with Gasteiger partial charge in [-0.15, -0.1) is 0 Å². The molecule has 1 fully saturated rings. The summed E-state index contributed by atoms with van der Waals surface area (Å²) in [5, 5.41) is 1.20. The molecule has 6 heteroatoms. The fourth-order valence-corrected chi connectivity index (χ4v) is 6.22. The number of nitrogens with zero attached hydrogens (tertiary/aromatic N) is 3. The summed E-state index contributed by atoms with van der Waals surface area (Å²) in [5.41, 5.74) is 1.60. The fraction of sp³-hybridized carbons (Fsp3) is 0.462. The number of rotatable bonds is 4. The Morgan fingerprint density at radius 3 is 2.44 bits per heavy atom. The Morgan fingerprint density at radius 1 is 1.00 bits per heavy atom. The minimum absolute atomic E-state index is 0.207. The molecule has 0 N–H and O–H groups in total. The topological polar surface area (TPSA) is 36.4 Å². The average molecular weight is 452 g/mol. The Kier molecular flexibility index (Phi) is 5.13. The number of fused-ring (bicyclic) bond motifs is 2. The molecule has 1 atom stereocenters. The summed E-state index contributed by atoms with van der Waals surface area (Å²) in [6.07, 6.45) is -1.07. The number of benzene rings is 2. The van der Waals surface area contributed by atoms with Crippen LogP contribution in [0.25, 0.3) is 10.1 Å². The summed E-state index contributed by atoms with van der Waals surface area (Å²) in [5.74, 6) is 1.26. The van der Waals surface area contributed by atoms with Crippen LogP contribution in [0.15, 0.2) is 42.5 Å². The number of hydrogen-bond donors (Lipinski definition) is 0. The van der Waals surface area contributed by atoms with Crippen LogP contribution in [0, 0.1) is 0 Å². The Balaban J connectivity index is 1.27. The molecule has 1 saturated heterocycles. The quantitative estimate of drug-likeness (QED) is 0.542. The third-order valence-electron chi connectivity index (χ3n) is 7.34. The van der Waals surface area contributed by atoms with Gasteiger partial charge in [0.05, 0.1) is 4.70 Å². The number of Topliss-reactive ketones (excluding diaryl/α,β-unsaturated/α-hetero) is 1. The van der Waals surface area contributed by atoms with E-state index < -0.39 is 17.0 Å². The van der Waals surface area contributed by atoms with Gasteiger partial charge in [0.15, 0.2) is 5.78 Å². The number of anilines is 1. The molecule has 1 aliphatic carbocycles. The highest BCUT2D eigenvalue weighted by molar-refractivity contribution is 7.13. The molecule has 0 amide bonds. The average Bonchev–Trinajstić information content (AvgIpc) is 3.27. The van der Waals surface area contributed by atoms with E-state index in [-0.39, 0.29) is 5.78 Å². The zero-order valence-electron chi connectivity index (χ0n) is 19.2. The monoisotopic (exact) mass is 451 g/mol. The smallest absolute Gasteiger partial charge is 0.152 e. The van der Waals surface area contributed by atoms with Crippen LogP contribution >= 0.6 is 11.5 Å². The Bertz CT molecular complexity index is 1180. The van der Waals surface area contributed by atoms with Gasteiger partial charge in [-0.1, -0.05) is 30.3 Å². The standard InChI is InChI=1S/C26H30FN3OS/c1-25(2)19-10-9-17(15-20(19)26(3,4)24(25)31)21(27)16-29-11-13-30(14-12-29)23-18-7-5-6-8-22(18)32-28-23/h5-10,15,21H,11-14,16H2,1-4H3. The van der Waals surface area contributed by atoms with E-state index in [9.17, 15) is 4.79 Å². The van der Waals surface area contributed by atoms with Crippen molar-refractivity contribution in [2.45, 2.75) is 44.7 Å². The molecule has 0 bridgehead atoms. The maximum Gasteiger partial charge on any atom is 0.152 e. The predicted molar refractivity (Wildman–Crippen MR) is 130 cm³/mol. The van der Waals surface area contributed by atoms with Crippen molar-refractivity contribution in [3.05, 3.63) is 59.2 Å². The molecule has 2 heterocycles. The van der Waals surface area contributed by atoms with Crippen LogP contribution < -0.4 is 4.90 Å². The molecular formula is C26H30FN3OS. The normalized spacial score (nSPS) is 21.2. The van der Waals surface area contributed by atoms with Crippen LogP contribution in [-0.2, 0) is 15.6 Å². The molecule has 1 aromatic heterocycles. The van der Waals surface area contributed by atoms with E-state index in [4.69, 9.17) is 0 Å². The third kappa shape index (κ3) is 3.35. The zero-order chi connectivity index (χ0) is 22.7. The number of carbonyl (C=O) groups excluding carboxylic acids is 1. The lowest BCUT2D eigenvalue weighted by atomic mass is 9.80. The highest BCUT2D eigenvalue weighted by Crippen LogP contribution is 2.47. The van der Waals surface area contributed by atoms with Crippen LogP contribution in [0.1, 0.15) is 50.6 Å². The molecule has 1 unspecified atom stereocenters. The second-order valence-corrected chi connectivity index (χ2v) is 10.9. The summed E-state index contributed by atoms with van der Waals surface area (Å²) in [6, 6.07) is 14.1. The van der Waals surface area contributed by atoms with Crippen LogP contribution in [0.3, 0.4) is 0 Å². The second kappa shape index (κ2) is 7.63. The predicted octanol–water partition coefficient (Wildman–Crippen LogP) is 5.27. The highest BCUT2D eigenvalue weighted by atomic mass is 32.1. The number of alkyl halides is 1. The summed E-state index contributed by atoms with van der Waals surface area (Å²) < 4.78 is 21.2. The van der Waals surface area contributed by atoms with Gasteiger partial charge in [-0.3, -0.25) is 9.69 Å². The van der Waals surface area contributed by atoms with Crippen LogP contribution in [0.4, 0.5) is 10.2 Å². The van der Waals surface area contributed by atoms with Crippen molar-refractivity contribution in [1.82, 2.24) is 9.27 Å². The van der Waals surface area contributed by atoms with Gasteiger partial charge in [-0.2, -0.15) is 4.37 Å². The molecule has 0 spiro atoms. The van der Waals surface area contributed by atoms with Gasteiger partial charge in [-0.05, 0) is 68.1 Å². The van der Waals surface area contributed by atoms with Gasteiger partial charge >= 0.3 is 0 Å². The van der Waals surface area contributed by atoms with Crippen molar-refractivity contribution in [3.8, 4) is 0 Å². The first-order valence-corrected chi connectivity index (χ1v) is 12.1. The van der Waals surface area contributed by atoms with Crippen molar-refractivity contribution < 1.29 is 9.18 Å². The van der Waals surface area contributed by atoms with E-state index in [0.717, 1.165) is 43.1 Å². The second-order valence-electron chi connectivity index (χ2n) is 10.1. The molecule has 5 rings (SSSR count). The van der Waals surface area contributed by atoms with E-state index in [1.807, 2.05) is 52.0 Å². The Morgan fingerprint density at radius 2 is 1.69 bits per heavy atom. The lowest BCUT2D eigenvalue weighted by Crippen LogP contribution is -2.47. The molecule has 2 aromatic carbocycles. The number of aromatic nitrogens is 1. The molecule has 32 heavy (non-hydrogen) atoms. The summed E-state index contributed by atoms with van der Waals surface area (Å²) in [4.78, 5) is 17.4. The van der Waals surface area contributed by atoms with Crippen molar-refractivity contribution >= 4 is 33.2 Å². The van der Waals surface area contributed by atoms with Gasteiger partial charge in [0.2, 0.25) is 0 Å². The van der Waals surface area contributed by atoms with Gasteiger partial charge < -0.3 is 4.90 Å². The lowest BCUT2D eigenvalue weighted by molar-refractivity contribution is -0.126. The molecule has 1 aliphatic heterocycles. The number of piperazine rings is 1. The first kappa shape index (κ1) is 21.5. The van der Waals surface area contributed by atoms with E-state index in [1.165, 1.54) is 21.6 Å². The molecule has 3 aromatic rings. The summed E-state index contributed by atoms with van der Waals surface area (Å²) in [6.45, 7) is 11.6. The van der Waals surface area contributed by atoms with Gasteiger partial charge in [0.25, 0.3) is 0 Å². The molecule has 4 nitrogen and oxygen atoms in total. The SMILES string of the molecule is CC1(C)C(=O)C(C)(C)c2cc(C(F)CN3CCN(c4nsc5ccccc45)CC3)ccc21. The molecule has 0 radical (unpaired) electrons. The molecular weight excluding hydrogens is 421 g/mol. The largest absolute Gasteiger partial charge is 0.353 e. The maximum absolute atomic E-state index is 15.4. The maximum atomic E-state index is 15.4. The number of hydrogen-bond acceptors (Lipinski definition) is 5. The zero-order valence-corrected chi connectivity index (χ0v) is 20.0. The van der Waals surface area contributed by atoms with E-state index in [1.54, 1.807) is 0 Å². The molecule has 168 valence electrons. The summed E-state index contributed by atoms with van der Waals surface area (Å²) >= 11 is 1.54. The Labute approximate surface area is 193 Å². The Hall–Kier alpha value is -2.31. The van der Waals surface area contributed by atoms with Crippen molar-refractivity contribution in [1.29, 1.82) is 0 Å². The lowest BCUT2D eigenvalue weighted by Gasteiger charge is -2.35. The first-order valence-electron chi connectivity index (χ1n) is 11.3. The molecule has 0 saturated carbocycles. The van der Waals surface area contributed by atoms with Gasteiger partial charge in [0.1, 0.15) is 12.0 Å². The summed E-state index contributed by atoms with van der Waals surface area (Å²) in [7, 11) is 0. The molecule has 2 aliphatic rings. The van der Waals surface area contributed by atoms with E-state index >= 15 is 4.39 Å². The first-order chi connectivity index (χ1) is 15.2. The minimum Gasteiger partial charge on any atom is -0.353 e. The number of carbonyl (C=O) groups is 1. The number of ketones is 1. The van der Waals surface area contributed by atoms with Crippen LogP contribution in [-0.4, -0.2) is 47.8 Å². The van der Waals surface area contributed by atoms with Crippen LogP contribution in [0.2, 0.25) is 0 Å². The van der Waals surface area contributed by atoms with Crippen molar-refractivity contribution in [3.63, 3.8) is 0 Å². The van der Waals surface area contributed by atoms with E-state index in [2.05, 4.69) is 32.4 Å². The van der Waals surface area contributed by atoms with Crippen molar-refractivity contribution in [2.75, 3.05) is 37.6 Å². The fourth-order valence-electron chi connectivity index (χ4n) is 5.42.